The Morgan fingerprint density at radius 1 is 1.33 bits per heavy atom. The number of carbonyl (C=O) groups excluding carboxylic acids is 1. The van der Waals surface area contributed by atoms with Crippen molar-refractivity contribution in [1.29, 1.82) is 0 Å². The number of rotatable bonds is 4. The van der Waals surface area contributed by atoms with Gasteiger partial charge in [-0.25, -0.2) is 9.67 Å². The van der Waals surface area contributed by atoms with Crippen molar-refractivity contribution in [2.45, 2.75) is 38.5 Å². The molecule has 2 aromatic heterocycles. The number of aryl methyl sites for hydroxylation is 1. The van der Waals surface area contributed by atoms with Gasteiger partial charge in [0.05, 0.1) is 43.9 Å². The first-order valence-corrected chi connectivity index (χ1v) is 10.4. The van der Waals surface area contributed by atoms with E-state index >= 15 is 0 Å². The number of aromatic nitrogens is 4. The number of nitrogens with one attached hydrogen (secondary N) is 1. The molecule has 2 aliphatic rings. The third kappa shape index (κ3) is 3.16. The maximum absolute atomic E-state index is 13.0. The van der Waals surface area contributed by atoms with Crippen molar-refractivity contribution in [3.63, 3.8) is 0 Å². The first kappa shape index (κ1) is 19.1. The second-order valence-corrected chi connectivity index (χ2v) is 7.85. The second-order valence-electron chi connectivity index (χ2n) is 7.47. The predicted molar refractivity (Wildman–Crippen MR) is 110 cm³/mol. The Hall–Kier alpha value is -2.84. The molecule has 1 aromatic carbocycles. The number of carbonyl (C=O) groups is 1. The van der Waals surface area contributed by atoms with Crippen molar-refractivity contribution in [3.05, 3.63) is 58.4 Å². The second kappa shape index (κ2) is 7.77. The molecule has 9 heteroatoms. The molecule has 8 nitrogen and oxygen atoms in total. The average Bonchev–Trinajstić information content (AvgIpc) is 3.39. The van der Waals surface area contributed by atoms with Gasteiger partial charge in [-0.3, -0.25) is 4.79 Å². The SMILES string of the molecule is COc1cccc(-n2ncc3c2COC[C@@H]3NC(=O)c2ncc3n2CCCC3)c1Cl. The summed E-state index contributed by atoms with van der Waals surface area (Å²) in [4.78, 5) is 17.3. The van der Waals surface area contributed by atoms with Crippen LogP contribution in [0.1, 0.15) is 46.5 Å². The monoisotopic (exact) mass is 427 g/mol. The van der Waals surface area contributed by atoms with Crippen LogP contribution in [-0.2, 0) is 24.3 Å². The molecule has 0 saturated carbocycles. The van der Waals surface area contributed by atoms with E-state index in [0.717, 1.165) is 42.8 Å². The Morgan fingerprint density at radius 2 is 2.23 bits per heavy atom. The van der Waals surface area contributed by atoms with E-state index in [4.69, 9.17) is 21.1 Å². The van der Waals surface area contributed by atoms with E-state index < -0.39 is 0 Å². The summed E-state index contributed by atoms with van der Waals surface area (Å²) in [5, 5.41) is 8.06. The average molecular weight is 428 g/mol. The number of hydrogen-bond donors (Lipinski definition) is 1. The highest BCUT2D eigenvalue weighted by Crippen LogP contribution is 2.34. The zero-order valence-electron chi connectivity index (χ0n) is 16.6. The topological polar surface area (TPSA) is 83.2 Å². The van der Waals surface area contributed by atoms with E-state index in [1.807, 2.05) is 16.7 Å². The van der Waals surface area contributed by atoms with Gasteiger partial charge in [-0.15, -0.1) is 0 Å². The summed E-state index contributed by atoms with van der Waals surface area (Å²) in [7, 11) is 1.58. The summed E-state index contributed by atoms with van der Waals surface area (Å²) in [5.74, 6) is 0.834. The first-order chi connectivity index (χ1) is 14.7. The highest BCUT2D eigenvalue weighted by Gasteiger charge is 2.29. The molecule has 1 N–H and O–H groups in total. The molecular formula is C21H22ClN5O3. The summed E-state index contributed by atoms with van der Waals surface area (Å²) >= 11 is 6.49. The van der Waals surface area contributed by atoms with Crippen molar-refractivity contribution >= 4 is 17.5 Å². The van der Waals surface area contributed by atoms with Crippen LogP contribution in [-0.4, -0.2) is 39.0 Å². The van der Waals surface area contributed by atoms with Gasteiger partial charge in [0.15, 0.2) is 5.82 Å². The molecule has 0 saturated heterocycles. The lowest BCUT2D eigenvalue weighted by atomic mass is 10.1. The Bertz CT molecular complexity index is 1110. The Balaban J connectivity index is 1.43. The van der Waals surface area contributed by atoms with Crippen LogP contribution < -0.4 is 10.1 Å². The summed E-state index contributed by atoms with van der Waals surface area (Å²) in [6.07, 6.45) is 6.73. The molecule has 0 bridgehead atoms. The molecule has 30 heavy (non-hydrogen) atoms. The minimum Gasteiger partial charge on any atom is -0.495 e. The van der Waals surface area contributed by atoms with Gasteiger partial charge < -0.3 is 19.4 Å². The van der Waals surface area contributed by atoms with E-state index in [-0.39, 0.29) is 11.9 Å². The number of hydrogen-bond acceptors (Lipinski definition) is 5. The number of methoxy groups -OCH3 is 1. The molecule has 0 fully saturated rings. The molecule has 0 unspecified atom stereocenters. The minimum atomic E-state index is -0.309. The lowest BCUT2D eigenvalue weighted by Gasteiger charge is -2.25. The fourth-order valence-corrected chi connectivity index (χ4v) is 4.46. The van der Waals surface area contributed by atoms with Crippen LogP contribution >= 0.6 is 11.6 Å². The number of amides is 1. The molecule has 0 radical (unpaired) electrons. The number of benzene rings is 1. The molecule has 1 atom stereocenters. The smallest absolute Gasteiger partial charge is 0.287 e. The highest BCUT2D eigenvalue weighted by atomic mass is 35.5. The normalized spacial score (nSPS) is 17.9. The number of ether oxygens (including phenoxy) is 2. The minimum absolute atomic E-state index is 0.197. The zero-order chi connectivity index (χ0) is 20.7. The van der Waals surface area contributed by atoms with Crippen LogP contribution in [0.4, 0.5) is 0 Å². The van der Waals surface area contributed by atoms with E-state index in [0.29, 0.717) is 35.5 Å². The van der Waals surface area contributed by atoms with Gasteiger partial charge in [0.1, 0.15) is 10.8 Å². The Morgan fingerprint density at radius 3 is 3.10 bits per heavy atom. The molecular weight excluding hydrogens is 406 g/mol. The molecule has 0 aliphatic carbocycles. The standard InChI is InChI=1S/C21H22ClN5O3/c1-29-18-7-4-6-16(19(18)22)27-17-12-30-11-15(14(17)10-24-27)25-21(28)20-23-9-13-5-2-3-8-26(13)20/h4,6-7,9-10,15H,2-3,5,8,11-12H2,1H3,(H,25,28)/t15-/m0/s1. The van der Waals surface area contributed by atoms with E-state index in [9.17, 15) is 4.79 Å². The van der Waals surface area contributed by atoms with Crippen LogP contribution in [0.25, 0.3) is 5.69 Å². The summed E-state index contributed by atoms with van der Waals surface area (Å²) < 4.78 is 14.9. The van der Waals surface area contributed by atoms with E-state index in [1.54, 1.807) is 30.3 Å². The first-order valence-electron chi connectivity index (χ1n) is 10.00. The van der Waals surface area contributed by atoms with Crippen molar-refractivity contribution < 1.29 is 14.3 Å². The summed E-state index contributed by atoms with van der Waals surface area (Å²) in [6, 6.07) is 5.22. The number of nitrogens with zero attached hydrogens (tertiary/aromatic N) is 4. The van der Waals surface area contributed by atoms with Crippen molar-refractivity contribution in [1.82, 2.24) is 24.6 Å². The van der Waals surface area contributed by atoms with Gasteiger partial charge >= 0.3 is 0 Å². The Kier molecular flexibility index (Phi) is 4.96. The third-order valence-electron chi connectivity index (χ3n) is 5.70. The number of halogens is 1. The largest absolute Gasteiger partial charge is 0.495 e. The molecule has 4 heterocycles. The Labute approximate surface area is 178 Å². The van der Waals surface area contributed by atoms with Gasteiger partial charge in [-0.2, -0.15) is 5.10 Å². The van der Waals surface area contributed by atoms with E-state index in [1.165, 1.54) is 0 Å². The molecule has 0 spiro atoms. The van der Waals surface area contributed by atoms with Gasteiger partial charge in [-0.05, 0) is 31.4 Å². The van der Waals surface area contributed by atoms with Crippen LogP contribution in [0.5, 0.6) is 5.75 Å². The number of fused-ring (bicyclic) bond motifs is 2. The van der Waals surface area contributed by atoms with Crippen molar-refractivity contribution in [2.75, 3.05) is 13.7 Å². The van der Waals surface area contributed by atoms with Gasteiger partial charge in [0.2, 0.25) is 0 Å². The van der Waals surface area contributed by atoms with Crippen molar-refractivity contribution in [3.8, 4) is 11.4 Å². The van der Waals surface area contributed by atoms with Crippen molar-refractivity contribution in [2.24, 2.45) is 0 Å². The van der Waals surface area contributed by atoms with Gasteiger partial charge in [0, 0.05) is 24.0 Å². The summed E-state index contributed by atoms with van der Waals surface area (Å²) in [6.45, 7) is 1.59. The molecule has 2 aliphatic heterocycles. The third-order valence-corrected chi connectivity index (χ3v) is 6.08. The quantitative estimate of drug-likeness (QED) is 0.691. The lowest BCUT2D eigenvalue weighted by Crippen LogP contribution is -2.36. The summed E-state index contributed by atoms with van der Waals surface area (Å²) in [5.41, 5.74) is 3.59. The van der Waals surface area contributed by atoms with Crippen LogP contribution in [0.2, 0.25) is 5.02 Å². The van der Waals surface area contributed by atoms with Gasteiger partial charge in [0.25, 0.3) is 5.91 Å². The van der Waals surface area contributed by atoms with Gasteiger partial charge in [-0.1, -0.05) is 17.7 Å². The van der Waals surface area contributed by atoms with Crippen LogP contribution in [0.15, 0.2) is 30.6 Å². The lowest BCUT2D eigenvalue weighted by molar-refractivity contribution is 0.0679. The van der Waals surface area contributed by atoms with Crippen LogP contribution in [0.3, 0.4) is 0 Å². The van der Waals surface area contributed by atoms with Crippen LogP contribution in [0, 0.1) is 0 Å². The maximum Gasteiger partial charge on any atom is 0.287 e. The molecule has 1 amide bonds. The fraction of sp³-hybridized carbons (Fsp3) is 0.381. The zero-order valence-corrected chi connectivity index (χ0v) is 17.4. The maximum atomic E-state index is 13.0. The fourth-order valence-electron chi connectivity index (χ4n) is 4.17. The molecule has 3 aromatic rings. The molecule has 156 valence electrons. The number of imidazole rings is 1. The molecule has 5 rings (SSSR count). The predicted octanol–water partition coefficient (Wildman–Crippen LogP) is 3.07. The highest BCUT2D eigenvalue weighted by molar-refractivity contribution is 6.33. The van der Waals surface area contributed by atoms with E-state index in [2.05, 4.69) is 15.4 Å².